The predicted molar refractivity (Wildman–Crippen MR) is 74.3 cm³/mol. The van der Waals surface area contributed by atoms with Gasteiger partial charge in [0.1, 0.15) is 4.21 Å². The van der Waals surface area contributed by atoms with E-state index in [1.807, 2.05) is 5.38 Å². The maximum absolute atomic E-state index is 12.5. The molecule has 1 fully saturated rings. The Kier molecular flexibility index (Phi) is 4.63. The molecule has 1 aliphatic heterocycles. The van der Waals surface area contributed by atoms with E-state index >= 15 is 0 Å². The van der Waals surface area contributed by atoms with E-state index in [1.54, 1.807) is 16.4 Å². The van der Waals surface area contributed by atoms with Gasteiger partial charge in [0.2, 0.25) is 0 Å². The average molecular weight is 338 g/mol. The number of halogens is 1. The molecule has 0 aliphatic carbocycles. The highest BCUT2D eigenvalue weighted by atomic mass is 79.9. The molecule has 2 rings (SSSR count). The van der Waals surface area contributed by atoms with Crippen molar-refractivity contribution in [3.8, 4) is 0 Å². The highest BCUT2D eigenvalue weighted by molar-refractivity contribution is 9.09. The van der Waals surface area contributed by atoms with Crippen molar-refractivity contribution in [3.63, 3.8) is 0 Å². The highest BCUT2D eigenvalue weighted by Gasteiger charge is 2.33. The number of alkyl halides is 1. The molecule has 17 heavy (non-hydrogen) atoms. The van der Waals surface area contributed by atoms with Gasteiger partial charge >= 0.3 is 0 Å². The quantitative estimate of drug-likeness (QED) is 0.791. The Labute approximate surface area is 115 Å². The van der Waals surface area contributed by atoms with E-state index in [2.05, 4.69) is 15.9 Å². The zero-order valence-corrected chi connectivity index (χ0v) is 12.7. The van der Waals surface area contributed by atoms with E-state index in [0.717, 1.165) is 31.0 Å². The summed E-state index contributed by atoms with van der Waals surface area (Å²) in [4.78, 5) is 0. The van der Waals surface area contributed by atoms with Crippen molar-refractivity contribution in [2.24, 2.45) is 0 Å². The van der Waals surface area contributed by atoms with E-state index in [1.165, 1.54) is 11.3 Å². The van der Waals surface area contributed by atoms with Crippen LogP contribution in [-0.2, 0) is 10.0 Å². The normalized spacial score (nSPS) is 22.8. The van der Waals surface area contributed by atoms with Gasteiger partial charge in [-0.3, -0.25) is 0 Å². The first-order valence-corrected chi connectivity index (χ1v) is 9.21. The van der Waals surface area contributed by atoms with Crippen molar-refractivity contribution in [1.29, 1.82) is 0 Å². The Hall–Kier alpha value is 0.0900. The van der Waals surface area contributed by atoms with Crippen LogP contribution in [0.15, 0.2) is 21.7 Å². The smallest absolute Gasteiger partial charge is 0.206 e. The third kappa shape index (κ3) is 2.92. The number of thiophene rings is 1. The summed E-state index contributed by atoms with van der Waals surface area (Å²) in [6, 6.07) is 3.65. The van der Waals surface area contributed by atoms with E-state index in [-0.39, 0.29) is 6.04 Å². The van der Waals surface area contributed by atoms with Gasteiger partial charge in [0.15, 0.2) is 0 Å². The summed E-state index contributed by atoms with van der Waals surface area (Å²) < 4.78 is 27.1. The summed E-state index contributed by atoms with van der Waals surface area (Å²) in [5.74, 6) is 0. The molecule has 1 aliphatic rings. The summed E-state index contributed by atoms with van der Waals surface area (Å²) in [6.07, 6.45) is 3.98. The first kappa shape index (κ1) is 13.5. The third-order valence-corrected chi connectivity index (χ3v) is 6.86. The number of sulfonamides is 1. The number of hydrogen-bond donors (Lipinski definition) is 0. The highest BCUT2D eigenvalue weighted by Crippen LogP contribution is 2.29. The van der Waals surface area contributed by atoms with Crippen molar-refractivity contribution in [2.45, 2.75) is 35.9 Å². The van der Waals surface area contributed by atoms with Crippen molar-refractivity contribution in [3.05, 3.63) is 17.5 Å². The predicted octanol–water partition coefficient (Wildman–Crippen LogP) is 3.08. The molecule has 0 bridgehead atoms. The second-order valence-electron chi connectivity index (χ2n) is 4.18. The molecule has 1 aromatic rings. The largest absolute Gasteiger partial charge is 0.252 e. The molecule has 0 spiro atoms. The van der Waals surface area contributed by atoms with Gasteiger partial charge in [-0.05, 0) is 30.7 Å². The zero-order valence-electron chi connectivity index (χ0n) is 9.51. The van der Waals surface area contributed by atoms with Crippen LogP contribution in [0.5, 0.6) is 0 Å². The van der Waals surface area contributed by atoms with Crippen LogP contribution < -0.4 is 0 Å². The number of hydrogen-bond acceptors (Lipinski definition) is 3. The number of piperidine rings is 1. The van der Waals surface area contributed by atoms with Crippen LogP contribution in [0.1, 0.15) is 25.7 Å². The molecule has 0 amide bonds. The molecule has 1 unspecified atom stereocenters. The first-order valence-electron chi connectivity index (χ1n) is 5.77. The molecule has 0 saturated carbocycles. The van der Waals surface area contributed by atoms with Gasteiger partial charge in [0.05, 0.1) is 0 Å². The maximum atomic E-state index is 12.5. The Morgan fingerprint density at radius 1 is 1.47 bits per heavy atom. The van der Waals surface area contributed by atoms with Crippen LogP contribution in [0, 0.1) is 0 Å². The van der Waals surface area contributed by atoms with Gasteiger partial charge < -0.3 is 0 Å². The third-order valence-electron chi connectivity index (χ3n) is 3.07. The van der Waals surface area contributed by atoms with Crippen LogP contribution in [0.4, 0.5) is 0 Å². The Bertz CT molecular complexity index is 442. The minimum Gasteiger partial charge on any atom is -0.206 e. The van der Waals surface area contributed by atoms with Crippen molar-refractivity contribution in [1.82, 2.24) is 4.31 Å². The number of nitrogens with zero attached hydrogens (tertiary/aromatic N) is 1. The van der Waals surface area contributed by atoms with Gasteiger partial charge in [0.25, 0.3) is 10.0 Å². The first-order chi connectivity index (χ1) is 8.16. The lowest BCUT2D eigenvalue weighted by Gasteiger charge is -2.34. The topological polar surface area (TPSA) is 37.4 Å². The van der Waals surface area contributed by atoms with E-state index in [9.17, 15) is 8.42 Å². The number of rotatable bonds is 4. The van der Waals surface area contributed by atoms with Crippen LogP contribution in [-0.4, -0.2) is 30.6 Å². The fraction of sp³-hybridized carbons (Fsp3) is 0.636. The molecular formula is C11H16BrNO2S2. The minimum absolute atomic E-state index is 0.162. The molecule has 6 heteroatoms. The van der Waals surface area contributed by atoms with Crippen LogP contribution in [0.25, 0.3) is 0 Å². The van der Waals surface area contributed by atoms with Gasteiger partial charge in [0, 0.05) is 17.9 Å². The van der Waals surface area contributed by atoms with E-state index in [0.29, 0.717) is 10.8 Å². The van der Waals surface area contributed by atoms with Gasteiger partial charge in [-0.2, -0.15) is 4.31 Å². The molecule has 0 N–H and O–H groups in total. The maximum Gasteiger partial charge on any atom is 0.252 e. The second-order valence-corrected chi connectivity index (χ2v) is 8.03. The average Bonchev–Trinajstić information content (AvgIpc) is 2.84. The van der Waals surface area contributed by atoms with Crippen LogP contribution >= 0.6 is 27.3 Å². The SMILES string of the molecule is O=S(=O)(c1cccs1)N1CCCCC1CCBr. The fourth-order valence-electron chi connectivity index (χ4n) is 2.23. The molecule has 0 aromatic carbocycles. The molecule has 2 heterocycles. The Morgan fingerprint density at radius 3 is 2.94 bits per heavy atom. The van der Waals surface area contributed by atoms with Crippen molar-refractivity contribution in [2.75, 3.05) is 11.9 Å². The molecule has 0 radical (unpaired) electrons. The molecule has 1 aromatic heterocycles. The lowest BCUT2D eigenvalue weighted by molar-refractivity contribution is 0.248. The van der Waals surface area contributed by atoms with Gasteiger partial charge in [-0.15, -0.1) is 11.3 Å². The Morgan fingerprint density at radius 2 is 2.29 bits per heavy atom. The summed E-state index contributed by atoms with van der Waals surface area (Å²) in [5, 5.41) is 2.67. The summed E-state index contributed by atoms with van der Waals surface area (Å²) in [5.41, 5.74) is 0. The minimum atomic E-state index is -3.26. The standard InChI is InChI=1S/C11H16BrNO2S2/c12-7-6-10-4-1-2-8-13(10)17(14,15)11-5-3-9-16-11/h3,5,9-10H,1-2,4,6-8H2. The molecule has 1 saturated heterocycles. The van der Waals surface area contributed by atoms with E-state index < -0.39 is 10.0 Å². The lowest BCUT2D eigenvalue weighted by Crippen LogP contribution is -2.43. The summed E-state index contributed by atoms with van der Waals surface area (Å²) in [6.45, 7) is 0.665. The fourth-order valence-corrected chi connectivity index (χ4v) is 5.60. The Balaban J connectivity index is 2.24. The monoisotopic (exact) mass is 337 g/mol. The van der Waals surface area contributed by atoms with Crippen LogP contribution in [0.2, 0.25) is 0 Å². The lowest BCUT2D eigenvalue weighted by atomic mass is 10.0. The van der Waals surface area contributed by atoms with Crippen LogP contribution in [0.3, 0.4) is 0 Å². The van der Waals surface area contributed by atoms with E-state index in [4.69, 9.17) is 0 Å². The molecule has 96 valence electrons. The van der Waals surface area contributed by atoms with Crippen molar-refractivity contribution >= 4 is 37.3 Å². The molecule has 1 atom stereocenters. The molecular weight excluding hydrogens is 322 g/mol. The molecule has 3 nitrogen and oxygen atoms in total. The summed E-state index contributed by atoms with van der Waals surface area (Å²) in [7, 11) is -3.26. The van der Waals surface area contributed by atoms with Gasteiger partial charge in [-0.25, -0.2) is 8.42 Å². The van der Waals surface area contributed by atoms with Crippen molar-refractivity contribution < 1.29 is 8.42 Å². The van der Waals surface area contributed by atoms with Gasteiger partial charge in [-0.1, -0.05) is 28.4 Å². The zero-order chi connectivity index (χ0) is 12.3. The summed E-state index contributed by atoms with van der Waals surface area (Å²) >= 11 is 4.71. The second kappa shape index (κ2) is 5.82.